The zero-order valence-corrected chi connectivity index (χ0v) is 15.9. The first-order valence-corrected chi connectivity index (χ1v) is 10.4. The van der Waals surface area contributed by atoms with Crippen LogP contribution in [0.4, 0.5) is 5.82 Å². The summed E-state index contributed by atoms with van der Waals surface area (Å²) >= 11 is 0. The summed E-state index contributed by atoms with van der Waals surface area (Å²) < 4.78 is 0. The smallest absolute Gasteiger partial charge is 0.237 e. The Morgan fingerprint density at radius 3 is 2.77 bits per heavy atom. The van der Waals surface area contributed by atoms with Crippen LogP contribution in [-0.4, -0.2) is 36.1 Å². The van der Waals surface area contributed by atoms with Crippen molar-refractivity contribution in [3.05, 3.63) is 23.9 Å². The minimum Gasteiger partial charge on any atom is -0.357 e. The average Bonchev–Trinajstić information content (AvgIpc) is 3.11. The maximum Gasteiger partial charge on any atom is 0.237 e. The van der Waals surface area contributed by atoms with Gasteiger partial charge in [-0.25, -0.2) is 4.98 Å². The molecule has 0 radical (unpaired) electrons. The van der Waals surface area contributed by atoms with Crippen LogP contribution < -0.4 is 15.5 Å². The van der Waals surface area contributed by atoms with Gasteiger partial charge in [0.25, 0.3) is 0 Å². The van der Waals surface area contributed by atoms with Crippen LogP contribution in [-0.2, 0) is 11.3 Å². The molecule has 5 nitrogen and oxygen atoms in total. The largest absolute Gasteiger partial charge is 0.357 e. The standard InChI is InChI=1S/C21H32N4O/c1-15-8-10-25(11-9-15)20-7-6-16(13-22-20)14-23-21(26)19-12-17-4-2-3-5-18(17)24-19/h6-7,13,15,17-19,24H,2-5,8-12,14H2,1H3,(H,23,26). The number of pyridine rings is 1. The quantitative estimate of drug-likeness (QED) is 0.871. The molecule has 1 amide bonds. The third kappa shape index (κ3) is 4.03. The van der Waals surface area contributed by atoms with Gasteiger partial charge >= 0.3 is 0 Å². The molecule has 2 saturated heterocycles. The summed E-state index contributed by atoms with van der Waals surface area (Å²) in [5.74, 6) is 2.74. The van der Waals surface area contributed by atoms with Gasteiger partial charge in [0, 0.05) is 31.9 Å². The van der Waals surface area contributed by atoms with E-state index in [1.165, 1.54) is 38.5 Å². The zero-order chi connectivity index (χ0) is 17.9. The number of carbonyl (C=O) groups is 1. The Kier molecular flexibility index (Phi) is 5.44. The lowest BCUT2D eigenvalue weighted by molar-refractivity contribution is -0.123. The summed E-state index contributed by atoms with van der Waals surface area (Å²) in [7, 11) is 0. The number of fused-ring (bicyclic) bond motifs is 1. The van der Waals surface area contributed by atoms with Crippen LogP contribution in [0, 0.1) is 11.8 Å². The van der Waals surface area contributed by atoms with Crippen molar-refractivity contribution in [3.8, 4) is 0 Å². The molecule has 1 aliphatic carbocycles. The molecule has 3 aliphatic rings. The fourth-order valence-electron chi connectivity index (χ4n) is 4.78. The lowest BCUT2D eigenvalue weighted by Crippen LogP contribution is -2.42. The first-order chi connectivity index (χ1) is 12.7. The molecular formula is C21H32N4O. The first kappa shape index (κ1) is 17.8. The highest BCUT2D eigenvalue weighted by atomic mass is 16.2. The molecule has 0 aromatic carbocycles. The molecule has 26 heavy (non-hydrogen) atoms. The van der Waals surface area contributed by atoms with Crippen molar-refractivity contribution in [3.63, 3.8) is 0 Å². The lowest BCUT2D eigenvalue weighted by atomic mass is 9.85. The first-order valence-electron chi connectivity index (χ1n) is 10.4. The Bertz CT molecular complexity index is 595. The lowest BCUT2D eigenvalue weighted by Gasteiger charge is -2.31. The van der Waals surface area contributed by atoms with Crippen molar-refractivity contribution >= 4 is 11.7 Å². The van der Waals surface area contributed by atoms with E-state index < -0.39 is 0 Å². The van der Waals surface area contributed by atoms with Crippen molar-refractivity contribution in [1.29, 1.82) is 0 Å². The number of rotatable bonds is 4. The van der Waals surface area contributed by atoms with E-state index in [1.54, 1.807) is 0 Å². The molecule has 1 saturated carbocycles. The number of piperidine rings is 1. The van der Waals surface area contributed by atoms with Gasteiger partial charge in [0.1, 0.15) is 5.82 Å². The third-order valence-electron chi connectivity index (χ3n) is 6.56. The van der Waals surface area contributed by atoms with Crippen molar-refractivity contribution in [1.82, 2.24) is 15.6 Å². The van der Waals surface area contributed by atoms with Crippen molar-refractivity contribution in [2.75, 3.05) is 18.0 Å². The predicted octanol–water partition coefficient (Wildman–Crippen LogP) is 2.85. The molecule has 1 aromatic rings. The van der Waals surface area contributed by atoms with E-state index >= 15 is 0 Å². The van der Waals surface area contributed by atoms with Gasteiger partial charge in [-0.1, -0.05) is 25.8 Å². The monoisotopic (exact) mass is 356 g/mol. The number of anilines is 1. The number of hydrogen-bond acceptors (Lipinski definition) is 4. The van der Waals surface area contributed by atoms with Gasteiger partial charge in [0.15, 0.2) is 0 Å². The van der Waals surface area contributed by atoms with Gasteiger partial charge < -0.3 is 15.5 Å². The van der Waals surface area contributed by atoms with Crippen LogP contribution in [0.3, 0.4) is 0 Å². The van der Waals surface area contributed by atoms with Crippen LogP contribution >= 0.6 is 0 Å². The fraction of sp³-hybridized carbons (Fsp3) is 0.714. The number of nitrogens with one attached hydrogen (secondary N) is 2. The molecule has 5 heteroatoms. The molecule has 0 bridgehead atoms. The van der Waals surface area contributed by atoms with Gasteiger partial charge in [0.05, 0.1) is 6.04 Å². The molecule has 3 fully saturated rings. The second-order valence-electron chi connectivity index (χ2n) is 8.52. The summed E-state index contributed by atoms with van der Waals surface area (Å²) in [5.41, 5.74) is 1.07. The van der Waals surface area contributed by atoms with E-state index in [0.717, 1.165) is 36.8 Å². The highest BCUT2D eigenvalue weighted by Crippen LogP contribution is 2.33. The van der Waals surface area contributed by atoms with Crippen LogP contribution in [0.5, 0.6) is 0 Å². The summed E-state index contributed by atoms with van der Waals surface area (Å²) in [5, 5.41) is 6.65. The molecule has 3 unspecified atom stereocenters. The van der Waals surface area contributed by atoms with Crippen LogP contribution in [0.15, 0.2) is 18.3 Å². The fourth-order valence-corrected chi connectivity index (χ4v) is 4.78. The Morgan fingerprint density at radius 1 is 1.23 bits per heavy atom. The maximum atomic E-state index is 12.5. The van der Waals surface area contributed by atoms with E-state index in [9.17, 15) is 4.79 Å². The molecule has 142 valence electrons. The van der Waals surface area contributed by atoms with Gasteiger partial charge in [-0.05, 0) is 55.6 Å². The molecule has 2 aliphatic heterocycles. The van der Waals surface area contributed by atoms with E-state index in [-0.39, 0.29) is 11.9 Å². The summed E-state index contributed by atoms with van der Waals surface area (Å²) in [6.45, 7) is 5.08. The SMILES string of the molecule is CC1CCN(c2ccc(CNC(=O)C3CC4CCCCC4N3)cn2)CC1. The highest BCUT2D eigenvalue weighted by Gasteiger charge is 2.37. The zero-order valence-electron chi connectivity index (χ0n) is 15.9. The average molecular weight is 357 g/mol. The van der Waals surface area contributed by atoms with Crippen molar-refractivity contribution in [2.45, 2.75) is 70.5 Å². The second-order valence-corrected chi connectivity index (χ2v) is 8.52. The summed E-state index contributed by atoms with van der Waals surface area (Å²) in [4.78, 5) is 19.5. The van der Waals surface area contributed by atoms with Crippen LogP contribution in [0.1, 0.15) is 57.4 Å². The summed E-state index contributed by atoms with van der Waals surface area (Å²) in [6, 6.07) is 4.75. The van der Waals surface area contributed by atoms with Gasteiger partial charge in [0.2, 0.25) is 5.91 Å². The molecule has 1 aromatic heterocycles. The summed E-state index contributed by atoms with van der Waals surface area (Å²) in [6.07, 6.45) is 10.5. The number of aromatic nitrogens is 1. The maximum absolute atomic E-state index is 12.5. The van der Waals surface area contributed by atoms with Gasteiger partial charge in [-0.3, -0.25) is 4.79 Å². The van der Waals surface area contributed by atoms with Crippen molar-refractivity contribution in [2.24, 2.45) is 11.8 Å². The number of amides is 1. The van der Waals surface area contributed by atoms with E-state index in [4.69, 9.17) is 0 Å². The molecule has 3 atom stereocenters. The van der Waals surface area contributed by atoms with E-state index in [2.05, 4.69) is 39.6 Å². The minimum absolute atomic E-state index is 0.00864. The van der Waals surface area contributed by atoms with Gasteiger partial charge in [-0.15, -0.1) is 0 Å². The topological polar surface area (TPSA) is 57.3 Å². The Balaban J connectivity index is 1.26. The predicted molar refractivity (Wildman–Crippen MR) is 104 cm³/mol. The minimum atomic E-state index is -0.00864. The Morgan fingerprint density at radius 2 is 2.04 bits per heavy atom. The Labute approximate surface area is 156 Å². The normalized spacial score (nSPS) is 29.4. The molecule has 2 N–H and O–H groups in total. The van der Waals surface area contributed by atoms with Crippen LogP contribution in [0.2, 0.25) is 0 Å². The number of carbonyl (C=O) groups excluding carboxylic acids is 1. The van der Waals surface area contributed by atoms with Gasteiger partial charge in [-0.2, -0.15) is 0 Å². The molecule has 0 spiro atoms. The third-order valence-corrected chi connectivity index (χ3v) is 6.56. The second kappa shape index (κ2) is 7.95. The van der Waals surface area contributed by atoms with Crippen molar-refractivity contribution < 1.29 is 4.79 Å². The Hall–Kier alpha value is -1.62. The van der Waals surface area contributed by atoms with Crippen LogP contribution in [0.25, 0.3) is 0 Å². The number of nitrogens with zero attached hydrogens (tertiary/aromatic N) is 2. The van der Waals surface area contributed by atoms with E-state index in [0.29, 0.717) is 18.5 Å². The molecular weight excluding hydrogens is 324 g/mol. The molecule has 3 heterocycles. The number of hydrogen-bond donors (Lipinski definition) is 2. The highest BCUT2D eigenvalue weighted by molar-refractivity contribution is 5.82. The molecule has 4 rings (SSSR count). The van der Waals surface area contributed by atoms with E-state index in [1.807, 2.05) is 6.20 Å².